The van der Waals surface area contributed by atoms with Crippen molar-refractivity contribution in [1.82, 2.24) is 0 Å². The maximum atomic E-state index is 5.69. The highest BCUT2D eigenvalue weighted by Gasteiger charge is 2.06. The molecule has 2 rings (SSSR count). The molecule has 0 fully saturated rings. The number of anilines is 1. The Morgan fingerprint density at radius 1 is 1.06 bits per heavy atom. The normalized spacial score (nSPS) is 10.9. The first-order valence-corrected chi connectivity index (χ1v) is 6.61. The minimum Gasteiger partial charge on any atom is -0.464 e. The minimum atomic E-state index is 0.525. The number of aryl methyl sites for hydroxylation is 1. The van der Waals surface area contributed by atoms with Gasteiger partial charge in [-0.15, -0.1) is 0 Å². The molecule has 0 amide bonds. The third kappa shape index (κ3) is 2.95. The highest BCUT2D eigenvalue weighted by atomic mass is 16.3. The molecule has 2 nitrogen and oxygen atoms in total. The molecule has 1 heterocycles. The van der Waals surface area contributed by atoms with Crippen molar-refractivity contribution < 1.29 is 4.42 Å². The van der Waals surface area contributed by atoms with Crippen molar-refractivity contribution in [1.29, 1.82) is 0 Å². The van der Waals surface area contributed by atoms with Gasteiger partial charge in [-0.2, -0.15) is 0 Å². The van der Waals surface area contributed by atoms with E-state index in [0.29, 0.717) is 5.92 Å². The van der Waals surface area contributed by atoms with Crippen molar-refractivity contribution in [3.8, 4) is 0 Å². The van der Waals surface area contributed by atoms with E-state index in [1.807, 2.05) is 12.1 Å². The molecule has 1 aromatic heterocycles. The number of rotatable bonds is 5. The number of hydrogen-bond donors (Lipinski definition) is 1. The van der Waals surface area contributed by atoms with Gasteiger partial charge in [-0.25, -0.2) is 0 Å². The Hall–Kier alpha value is -1.70. The zero-order valence-corrected chi connectivity index (χ0v) is 11.4. The highest BCUT2D eigenvalue weighted by Crippen LogP contribution is 2.24. The average molecular weight is 243 g/mol. The highest BCUT2D eigenvalue weighted by molar-refractivity contribution is 5.52. The minimum absolute atomic E-state index is 0.525. The smallest absolute Gasteiger partial charge is 0.123 e. The molecule has 1 N–H and O–H groups in total. The Labute approximate surface area is 109 Å². The first-order valence-electron chi connectivity index (χ1n) is 6.61. The molecule has 0 aliphatic heterocycles. The van der Waals surface area contributed by atoms with Crippen molar-refractivity contribution in [2.75, 3.05) is 5.32 Å². The molecule has 18 heavy (non-hydrogen) atoms. The van der Waals surface area contributed by atoms with Crippen LogP contribution in [0.5, 0.6) is 0 Å². The molecule has 0 spiro atoms. The van der Waals surface area contributed by atoms with E-state index in [1.165, 1.54) is 11.3 Å². The van der Waals surface area contributed by atoms with Gasteiger partial charge in [-0.3, -0.25) is 0 Å². The van der Waals surface area contributed by atoms with Gasteiger partial charge in [0.2, 0.25) is 0 Å². The van der Waals surface area contributed by atoms with Crippen molar-refractivity contribution in [3.05, 3.63) is 53.5 Å². The fourth-order valence-corrected chi connectivity index (χ4v) is 2.05. The van der Waals surface area contributed by atoms with Crippen LogP contribution in [0.2, 0.25) is 0 Å². The van der Waals surface area contributed by atoms with E-state index in [2.05, 4.69) is 50.4 Å². The van der Waals surface area contributed by atoms with E-state index in [4.69, 9.17) is 4.42 Å². The van der Waals surface area contributed by atoms with Crippen LogP contribution >= 0.6 is 0 Å². The van der Waals surface area contributed by atoms with E-state index in [-0.39, 0.29) is 0 Å². The molecule has 2 aromatic rings. The van der Waals surface area contributed by atoms with Crippen LogP contribution in [0.3, 0.4) is 0 Å². The van der Waals surface area contributed by atoms with Gasteiger partial charge >= 0.3 is 0 Å². The Bertz CT molecular complexity index is 499. The average Bonchev–Trinajstić information content (AvgIpc) is 2.84. The lowest BCUT2D eigenvalue weighted by Crippen LogP contribution is -2.02. The SMILES string of the molecule is CCc1ccc(CNc2ccccc2C(C)C)o1. The predicted octanol–water partition coefficient (Wildman–Crippen LogP) is 4.58. The Kier molecular flexibility index (Phi) is 4.08. The molecular weight excluding hydrogens is 222 g/mol. The Balaban J connectivity index is 2.05. The van der Waals surface area contributed by atoms with Gasteiger partial charge in [-0.1, -0.05) is 39.0 Å². The zero-order valence-electron chi connectivity index (χ0n) is 11.4. The fourth-order valence-electron chi connectivity index (χ4n) is 2.05. The lowest BCUT2D eigenvalue weighted by atomic mass is 10.0. The third-order valence-corrected chi connectivity index (χ3v) is 3.10. The first kappa shape index (κ1) is 12.7. The lowest BCUT2D eigenvalue weighted by Gasteiger charge is -2.13. The summed E-state index contributed by atoms with van der Waals surface area (Å²) >= 11 is 0. The summed E-state index contributed by atoms with van der Waals surface area (Å²) in [6.45, 7) is 7.26. The number of nitrogens with one attached hydrogen (secondary N) is 1. The summed E-state index contributed by atoms with van der Waals surface area (Å²) in [5.74, 6) is 2.56. The van der Waals surface area contributed by atoms with Crippen LogP contribution < -0.4 is 5.32 Å². The summed E-state index contributed by atoms with van der Waals surface area (Å²) in [5, 5.41) is 3.45. The van der Waals surface area contributed by atoms with Crippen LogP contribution in [-0.2, 0) is 13.0 Å². The number of hydrogen-bond acceptors (Lipinski definition) is 2. The summed E-state index contributed by atoms with van der Waals surface area (Å²) in [7, 11) is 0. The molecule has 0 bridgehead atoms. The molecule has 0 unspecified atom stereocenters. The van der Waals surface area contributed by atoms with Gasteiger partial charge in [-0.05, 0) is 29.7 Å². The Morgan fingerprint density at radius 3 is 2.44 bits per heavy atom. The van der Waals surface area contributed by atoms with Crippen molar-refractivity contribution in [2.45, 2.75) is 39.7 Å². The summed E-state index contributed by atoms with van der Waals surface area (Å²) in [4.78, 5) is 0. The van der Waals surface area contributed by atoms with Gasteiger partial charge < -0.3 is 9.73 Å². The van der Waals surface area contributed by atoms with E-state index in [1.54, 1.807) is 0 Å². The van der Waals surface area contributed by atoms with E-state index < -0.39 is 0 Å². The third-order valence-electron chi connectivity index (χ3n) is 3.10. The first-order chi connectivity index (χ1) is 8.70. The van der Waals surface area contributed by atoms with Gasteiger partial charge in [0.1, 0.15) is 11.5 Å². The monoisotopic (exact) mass is 243 g/mol. The largest absolute Gasteiger partial charge is 0.464 e. The second-order valence-electron chi connectivity index (χ2n) is 4.82. The van der Waals surface area contributed by atoms with Crippen LogP contribution in [0, 0.1) is 0 Å². The molecule has 0 atom stereocenters. The van der Waals surface area contributed by atoms with Gasteiger partial charge in [0.05, 0.1) is 6.54 Å². The van der Waals surface area contributed by atoms with Crippen LogP contribution in [0.4, 0.5) is 5.69 Å². The molecule has 1 aromatic carbocycles. The second kappa shape index (κ2) is 5.76. The van der Waals surface area contributed by atoms with Crippen molar-refractivity contribution in [2.24, 2.45) is 0 Å². The topological polar surface area (TPSA) is 25.2 Å². The van der Waals surface area contributed by atoms with Crippen LogP contribution in [-0.4, -0.2) is 0 Å². The predicted molar refractivity (Wildman–Crippen MR) is 75.9 cm³/mol. The standard InChI is InChI=1S/C16H21NO/c1-4-13-9-10-14(18-13)11-17-16-8-6-5-7-15(16)12(2)3/h5-10,12,17H,4,11H2,1-3H3. The molecule has 0 aliphatic rings. The van der Waals surface area contributed by atoms with Gasteiger partial charge in [0, 0.05) is 12.1 Å². The molecular formula is C16H21NO. The van der Waals surface area contributed by atoms with E-state index >= 15 is 0 Å². The van der Waals surface area contributed by atoms with Crippen LogP contribution in [0.1, 0.15) is 43.8 Å². The van der Waals surface area contributed by atoms with Gasteiger partial charge in [0.25, 0.3) is 0 Å². The summed E-state index contributed by atoms with van der Waals surface area (Å²) in [6, 6.07) is 12.5. The summed E-state index contributed by atoms with van der Waals surface area (Å²) in [5.41, 5.74) is 2.54. The maximum absolute atomic E-state index is 5.69. The zero-order chi connectivity index (χ0) is 13.0. The summed E-state index contributed by atoms with van der Waals surface area (Å²) in [6.07, 6.45) is 0.947. The Morgan fingerprint density at radius 2 is 1.78 bits per heavy atom. The van der Waals surface area contributed by atoms with Gasteiger partial charge in [0.15, 0.2) is 0 Å². The molecule has 0 saturated heterocycles. The second-order valence-corrected chi connectivity index (χ2v) is 4.82. The lowest BCUT2D eigenvalue weighted by molar-refractivity contribution is 0.476. The van der Waals surface area contributed by atoms with Crippen LogP contribution in [0.25, 0.3) is 0 Å². The molecule has 0 radical (unpaired) electrons. The van der Waals surface area contributed by atoms with Crippen molar-refractivity contribution >= 4 is 5.69 Å². The molecule has 2 heteroatoms. The maximum Gasteiger partial charge on any atom is 0.123 e. The van der Waals surface area contributed by atoms with E-state index in [9.17, 15) is 0 Å². The summed E-state index contributed by atoms with van der Waals surface area (Å²) < 4.78 is 5.69. The molecule has 0 saturated carbocycles. The molecule has 0 aliphatic carbocycles. The van der Waals surface area contributed by atoms with Crippen molar-refractivity contribution in [3.63, 3.8) is 0 Å². The number of furan rings is 1. The quantitative estimate of drug-likeness (QED) is 0.831. The number of benzene rings is 1. The molecule has 96 valence electrons. The number of para-hydroxylation sites is 1. The van der Waals surface area contributed by atoms with Crippen LogP contribution in [0.15, 0.2) is 40.8 Å². The van der Waals surface area contributed by atoms with E-state index in [0.717, 1.165) is 24.5 Å². The fraction of sp³-hybridized carbons (Fsp3) is 0.375.